The van der Waals surface area contributed by atoms with Crippen LogP contribution in [0.4, 0.5) is 5.69 Å². The van der Waals surface area contributed by atoms with Crippen molar-refractivity contribution in [2.45, 2.75) is 44.9 Å². The molecule has 2 atom stereocenters. The Morgan fingerprint density at radius 1 is 0.903 bits per heavy atom. The van der Waals surface area contributed by atoms with Gasteiger partial charge in [-0.05, 0) is 61.1 Å². The molecule has 31 heavy (non-hydrogen) atoms. The van der Waals surface area contributed by atoms with Crippen molar-refractivity contribution >= 4 is 17.4 Å². The lowest BCUT2D eigenvalue weighted by molar-refractivity contribution is -0.120. The molecule has 3 aromatic rings. The van der Waals surface area contributed by atoms with E-state index in [2.05, 4.69) is 12.1 Å². The number of allylic oxidation sites excluding steroid dienone is 2. The second kappa shape index (κ2) is 7.69. The van der Waals surface area contributed by atoms with E-state index in [1.807, 2.05) is 67.3 Å². The van der Waals surface area contributed by atoms with Gasteiger partial charge in [0.2, 0.25) is 5.91 Å². The highest BCUT2D eigenvalue weighted by Crippen LogP contribution is 2.47. The number of benzene rings is 2. The smallest absolute Gasteiger partial charge is 0.232 e. The van der Waals surface area contributed by atoms with Gasteiger partial charge in [0.15, 0.2) is 5.78 Å². The minimum atomic E-state index is -0.317. The fraction of sp³-hybridized carbons (Fsp3) is 0.259. The zero-order valence-electron chi connectivity index (χ0n) is 17.8. The molecule has 0 radical (unpaired) electrons. The van der Waals surface area contributed by atoms with Crippen LogP contribution in [0.25, 0.3) is 0 Å². The van der Waals surface area contributed by atoms with E-state index in [0.717, 1.165) is 33.6 Å². The van der Waals surface area contributed by atoms with Gasteiger partial charge in [0.25, 0.3) is 0 Å². The summed E-state index contributed by atoms with van der Waals surface area (Å²) < 4.78 is 5.66. The maximum atomic E-state index is 13.5. The number of rotatable bonds is 3. The van der Waals surface area contributed by atoms with Crippen molar-refractivity contribution in [1.82, 2.24) is 0 Å². The van der Waals surface area contributed by atoms with Gasteiger partial charge in [-0.2, -0.15) is 0 Å². The van der Waals surface area contributed by atoms with Gasteiger partial charge >= 0.3 is 0 Å². The Labute approximate surface area is 182 Å². The quantitative estimate of drug-likeness (QED) is 0.546. The van der Waals surface area contributed by atoms with Crippen LogP contribution >= 0.6 is 0 Å². The summed E-state index contributed by atoms with van der Waals surface area (Å²) in [6.45, 7) is 4.04. The lowest BCUT2D eigenvalue weighted by Crippen LogP contribution is -2.42. The number of carbonyl (C=O) groups is 2. The van der Waals surface area contributed by atoms with E-state index in [-0.39, 0.29) is 29.9 Å². The molecule has 1 aliphatic carbocycles. The Kier molecular flexibility index (Phi) is 4.85. The molecule has 2 aromatic carbocycles. The fourth-order valence-corrected chi connectivity index (χ4v) is 4.97. The van der Waals surface area contributed by atoms with E-state index in [1.165, 1.54) is 0 Å². The van der Waals surface area contributed by atoms with E-state index in [4.69, 9.17) is 4.42 Å². The summed E-state index contributed by atoms with van der Waals surface area (Å²) in [4.78, 5) is 28.8. The second-order valence-electron chi connectivity index (χ2n) is 8.59. The van der Waals surface area contributed by atoms with Crippen LogP contribution in [-0.2, 0) is 9.59 Å². The highest BCUT2D eigenvalue weighted by Gasteiger charge is 2.43. The molecule has 4 nitrogen and oxygen atoms in total. The van der Waals surface area contributed by atoms with E-state index in [9.17, 15) is 9.59 Å². The summed E-state index contributed by atoms with van der Waals surface area (Å²) in [6.07, 6.45) is 2.95. The molecule has 2 aliphatic rings. The van der Waals surface area contributed by atoms with Crippen molar-refractivity contribution in [2.75, 3.05) is 4.90 Å². The first-order valence-corrected chi connectivity index (χ1v) is 10.8. The van der Waals surface area contributed by atoms with Crippen molar-refractivity contribution in [3.8, 4) is 0 Å². The molecule has 0 spiro atoms. The molecule has 0 saturated carbocycles. The number of carbonyl (C=O) groups excluding carboxylic acids is 2. The van der Waals surface area contributed by atoms with Crippen molar-refractivity contribution in [3.63, 3.8) is 0 Å². The molecule has 1 amide bonds. The first kappa shape index (κ1) is 19.6. The average molecular weight is 412 g/mol. The standard InChI is InChI=1S/C27H25NO3/c1-17-10-11-18(2)22(13-17)28-23-14-20(19-7-4-3-5-8-19)15-24(29)27(23)21(16-26(28)30)25-9-6-12-31-25/h3-13,20-21H,14-16H2,1-2H3. The zero-order valence-corrected chi connectivity index (χ0v) is 17.8. The molecule has 0 saturated heterocycles. The van der Waals surface area contributed by atoms with Crippen LogP contribution in [0, 0.1) is 13.8 Å². The first-order valence-electron chi connectivity index (χ1n) is 10.8. The van der Waals surface area contributed by atoms with Crippen LogP contribution in [0.2, 0.25) is 0 Å². The van der Waals surface area contributed by atoms with Gasteiger partial charge in [-0.25, -0.2) is 0 Å². The largest absolute Gasteiger partial charge is 0.469 e. The molecule has 1 aromatic heterocycles. The molecule has 156 valence electrons. The number of hydrogen-bond acceptors (Lipinski definition) is 3. The number of Topliss-reactive ketones (excluding diaryl/α,β-unsaturated/α-hetero) is 1. The molecule has 5 rings (SSSR count). The molecule has 1 aliphatic heterocycles. The summed E-state index contributed by atoms with van der Waals surface area (Å²) in [5.74, 6) is 0.550. The number of furan rings is 1. The normalized spacial score (nSPS) is 21.4. The van der Waals surface area contributed by atoms with Gasteiger partial charge in [0, 0.05) is 24.1 Å². The minimum Gasteiger partial charge on any atom is -0.469 e. The Balaban J connectivity index is 1.68. The van der Waals surface area contributed by atoms with Crippen LogP contribution in [-0.4, -0.2) is 11.7 Å². The Bertz CT molecular complexity index is 1170. The number of amides is 1. The third kappa shape index (κ3) is 3.42. The Morgan fingerprint density at radius 3 is 2.45 bits per heavy atom. The summed E-state index contributed by atoms with van der Waals surface area (Å²) in [7, 11) is 0. The van der Waals surface area contributed by atoms with Gasteiger partial charge in [0.1, 0.15) is 5.76 Å². The van der Waals surface area contributed by atoms with Crippen molar-refractivity contribution in [1.29, 1.82) is 0 Å². The number of hydrogen-bond donors (Lipinski definition) is 0. The van der Waals surface area contributed by atoms with Crippen LogP contribution in [0.15, 0.2) is 82.6 Å². The number of anilines is 1. The summed E-state index contributed by atoms with van der Waals surface area (Å²) in [5.41, 5.74) is 5.69. The van der Waals surface area contributed by atoms with Gasteiger partial charge in [0.05, 0.1) is 17.9 Å². The molecular weight excluding hydrogens is 386 g/mol. The van der Waals surface area contributed by atoms with Gasteiger partial charge in [-0.3, -0.25) is 14.5 Å². The second-order valence-corrected chi connectivity index (χ2v) is 8.59. The molecular formula is C27H25NO3. The van der Waals surface area contributed by atoms with Crippen LogP contribution in [0.3, 0.4) is 0 Å². The maximum absolute atomic E-state index is 13.5. The van der Waals surface area contributed by atoms with E-state index < -0.39 is 0 Å². The summed E-state index contributed by atoms with van der Waals surface area (Å²) in [5, 5.41) is 0. The fourth-order valence-electron chi connectivity index (χ4n) is 4.97. The summed E-state index contributed by atoms with van der Waals surface area (Å²) in [6, 6.07) is 19.9. The predicted octanol–water partition coefficient (Wildman–Crippen LogP) is 5.82. The Hall–Kier alpha value is -3.40. The lowest BCUT2D eigenvalue weighted by atomic mass is 9.74. The van der Waals surface area contributed by atoms with Gasteiger partial charge in [-0.15, -0.1) is 0 Å². The molecule has 2 heterocycles. The topological polar surface area (TPSA) is 50.5 Å². The predicted molar refractivity (Wildman–Crippen MR) is 120 cm³/mol. The average Bonchev–Trinajstić information content (AvgIpc) is 3.30. The minimum absolute atomic E-state index is 0.00959. The molecule has 0 bridgehead atoms. The molecule has 0 fully saturated rings. The van der Waals surface area contributed by atoms with Crippen molar-refractivity contribution < 1.29 is 14.0 Å². The van der Waals surface area contributed by atoms with Crippen LogP contribution in [0.5, 0.6) is 0 Å². The lowest BCUT2D eigenvalue weighted by Gasteiger charge is -2.40. The maximum Gasteiger partial charge on any atom is 0.232 e. The third-order valence-corrected chi connectivity index (χ3v) is 6.49. The molecule has 2 unspecified atom stereocenters. The third-order valence-electron chi connectivity index (χ3n) is 6.49. The first-order chi connectivity index (χ1) is 15.0. The van der Waals surface area contributed by atoms with Crippen molar-refractivity contribution in [2.24, 2.45) is 0 Å². The summed E-state index contributed by atoms with van der Waals surface area (Å²) >= 11 is 0. The van der Waals surface area contributed by atoms with E-state index in [1.54, 1.807) is 6.26 Å². The highest BCUT2D eigenvalue weighted by atomic mass is 16.3. The van der Waals surface area contributed by atoms with E-state index in [0.29, 0.717) is 18.6 Å². The van der Waals surface area contributed by atoms with Crippen LogP contribution in [0.1, 0.15) is 53.5 Å². The highest BCUT2D eigenvalue weighted by molar-refractivity contribution is 6.08. The van der Waals surface area contributed by atoms with Crippen LogP contribution < -0.4 is 4.90 Å². The Morgan fingerprint density at radius 2 is 1.71 bits per heavy atom. The SMILES string of the molecule is Cc1ccc(C)c(N2C(=O)CC(c3ccco3)C3=C2CC(c2ccccc2)CC3=O)c1. The molecule has 0 N–H and O–H groups in total. The number of nitrogens with zero attached hydrogens (tertiary/aromatic N) is 1. The monoisotopic (exact) mass is 411 g/mol. The van der Waals surface area contributed by atoms with Crippen molar-refractivity contribution in [3.05, 3.63) is 101 Å². The number of ketones is 1. The van der Waals surface area contributed by atoms with E-state index >= 15 is 0 Å². The zero-order chi connectivity index (χ0) is 21.5. The number of aryl methyl sites for hydroxylation is 2. The van der Waals surface area contributed by atoms with Gasteiger partial charge in [-0.1, -0.05) is 42.5 Å². The molecule has 4 heteroatoms. The van der Waals surface area contributed by atoms with Gasteiger partial charge < -0.3 is 4.42 Å².